The Kier molecular flexibility index (Phi) is 5.45. The van der Waals surface area contributed by atoms with Crippen LogP contribution in [0, 0.1) is 0 Å². The van der Waals surface area contributed by atoms with Gasteiger partial charge in [0.25, 0.3) is 0 Å². The maximum absolute atomic E-state index is 11.9. The predicted octanol–water partition coefficient (Wildman–Crippen LogP) is 2.63. The summed E-state index contributed by atoms with van der Waals surface area (Å²) < 4.78 is 11.9. The van der Waals surface area contributed by atoms with E-state index >= 15 is 0 Å². The normalized spacial score (nSPS) is 13.3. The largest absolute Gasteiger partial charge is 0.324 e. The second-order valence-corrected chi connectivity index (χ2v) is 7.67. The summed E-state index contributed by atoms with van der Waals surface area (Å²) >= 11 is 5.65. The Morgan fingerprint density at radius 3 is 2.32 bits per heavy atom. The summed E-state index contributed by atoms with van der Waals surface area (Å²) in [5.41, 5.74) is 0.773. The van der Waals surface area contributed by atoms with Gasteiger partial charge in [-0.25, -0.2) is 4.99 Å². The summed E-state index contributed by atoms with van der Waals surface area (Å²) in [5, 5.41) is 3.81. The van der Waals surface area contributed by atoms with Gasteiger partial charge >= 0.3 is 0 Å². The SMILES string of the molecule is C=NC(Cl)=NC(=NC)Nc1ccc(P(C)(C)=O)cc1. The van der Waals surface area contributed by atoms with Crippen LogP contribution in [-0.2, 0) is 4.57 Å². The minimum absolute atomic E-state index is 0.0105. The van der Waals surface area contributed by atoms with Gasteiger partial charge in [-0.15, -0.1) is 0 Å². The molecule has 0 aliphatic rings. The highest BCUT2D eigenvalue weighted by atomic mass is 35.5. The molecule has 5 nitrogen and oxygen atoms in total. The highest BCUT2D eigenvalue weighted by Gasteiger charge is 2.10. The molecule has 0 unspecified atom stereocenters. The molecule has 0 spiro atoms. The van der Waals surface area contributed by atoms with Gasteiger partial charge in [-0.2, -0.15) is 4.99 Å². The summed E-state index contributed by atoms with van der Waals surface area (Å²) in [5.74, 6) is 0.321. The molecule has 0 radical (unpaired) electrons. The number of benzene rings is 1. The molecule has 7 heteroatoms. The maximum Gasteiger partial charge on any atom is 0.225 e. The van der Waals surface area contributed by atoms with Crippen molar-refractivity contribution in [1.29, 1.82) is 0 Å². The van der Waals surface area contributed by atoms with E-state index in [9.17, 15) is 4.57 Å². The van der Waals surface area contributed by atoms with Crippen molar-refractivity contribution in [1.82, 2.24) is 0 Å². The number of halogens is 1. The number of anilines is 1. The fourth-order valence-corrected chi connectivity index (χ4v) is 2.24. The Morgan fingerprint density at radius 2 is 1.89 bits per heavy atom. The van der Waals surface area contributed by atoms with Crippen LogP contribution in [0.3, 0.4) is 0 Å². The third kappa shape index (κ3) is 4.97. The van der Waals surface area contributed by atoms with E-state index in [0.29, 0.717) is 5.96 Å². The standard InChI is InChI=1S/C12H16ClN4OP/c1-14-11(13)17-12(15-2)16-9-5-7-10(8-6-9)19(3,4)18/h5-8H,1H2,2-4H3,(H,15,16). The maximum atomic E-state index is 11.9. The van der Waals surface area contributed by atoms with Crippen LogP contribution < -0.4 is 10.6 Å². The molecule has 0 aliphatic carbocycles. The van der Waals surface area contributed by atoms with Gasteiger partial charge in [-0.05, 0) is 55.9 Å². The van der Waals surface area contributed by atoms with Crippen LogP contribution in [0.4, 0.5) is 5.69 Å². The summed E-state index contributed by atoms with van der Waals surface area (Å²) in [7, 11) is -0.653. The van der Waals surface area contributed by atoms with Crippen molar-refractivity contribution in [2.24, 2.45) is 15.0 Å². The van der Waals surface area contributed by atoms with Crippen molar-refractivity contribution in [2.45, 2.75) is 0 Å². The topological polar surface area (TPSA) is 66.2 Å². The molecule has 0 saturated carbocycles. The van der Waals surface area contributed by atoms with Crippen LogP contribution in [0.5, 0.6) is 0 Å². The summed E-state index contributed by atoms with van der Waals surface area (Å²) in [4.78, 5) is 11.3. The smallest absolute Gasteiger partial charge is 0.225 e. The van der Waals surface area contributed by atoms with E-state index in [-0.39, 0.29) is 5.29 Å². The van der Waals surface area contributed by atoms with Gasteiger partial charge in [0.1, 0.15) is 7.14 Å². The third-order valence-corrected chi connectivity index (χ3v) is 4.03. The first-order valence-electron chi connectivity index (χ1n) is 5.47. The Labute approximate surface area is 117 Å². The number of hydrogen-bond acceptors (Lipinski definition) is 2. The molecule has 0 amide bonds. The summed E-state index contributed by atoms with van der Waals surface area (Å²) in [6.45, 7) is 6.73. The van der Waals surface area contributed by atoms with Gasteiger partial charge in [0, 0.05) is 18.0 Å². The van der Waals surface area contributed by atoms with Crippen molar-refractivity contribution in [3.8, 4) is 0 Å². The molecular weight excluding hydrogens is 283 g/mol. The molecule has 0 atom stereocenters. The quantitative estimate of drug-likeness (QED) is 0.395. The van der Waals surface area contributed by atoms with Crippen LogP contribution in [-0.4, -0.2) is 38.3 Å². The van der Waals surface area contributed by atoms with Crippen LogP contribution in [0.15, 0.2) is 39.2 Å². The average molecular weight is 299 g/mol. The Balaban J connectivity index is 2.89. The third-order valence-electron chi connectivity index (χ3n) is 2.29. The Hall–Kier alpha value is -1.45. The molecular formula is C12H16ClN4OP. The fourth-order valence-electron chi connectivity index (χ4n) is 1.29. The minimum Gasteiger partial charge on any atom is -0.324 e. The molecule has 1 N–H and O–H groups in total. The Bertz CT molecular complexity index is 560. The van der Waals surface area contributed by atoms with Gasteiger partial charge in [-0.3, -0.25) is 4.99 Å². The molecule has 102 valence electrons. The molecule has 1 aromatic carbocycles. The molecule has 1 rings (SSSR count). The van der Waals surface area contributed by atoms with Gasteiger partial charge in [0.05, 0.1) is 0 Å². The summed E-state index contributed by atoms with van der Waals surface area (Å²) in [6.07, 6.45) is 0. The van der Waals surface area contributed by atoms with Crippen molar-refractivity contribution in [3.05, 3.63) is 24.3 Å². The number of nitrogens with one attached hydrogen (secondary N) is 1. The second kappa shape index (κ2) is 6.64. The zero-order valence-corrected chi connectivity index (χ0v) is 12.7. The molecule has 0 heterocycles. The zero-order valence-electron chi connectivity index (χ0n) is 11.1. The lowest BCUT2D eigenvalue weighted by Gasteiger charge is -2.09. The molecule has 1 aromatic rings. The second-order valence-electron chi connectivity index (χ2n) is 4.11. The molecule has 0 fully saturated rings. The van der Waals surface area contributed by atoms with E-state index in [0.717, 1.165) is 11.0 Å². The fraction of sp³-hybridized carbons (Fsp3) is 0.250. The zero-order chi connectivity index (χ0) is 14.5. The molecule has 0 aromatic heterocycles. The van der Waals surface area contributed by atoms with E-state index in [1.54, 1.807) is 20.4 Å². The van der Waals surface area contributed by atoms with Crippen molar-refractivity contribution in [3.63, 3.8) is 0 Å². The first kappa shape index (κ1) is 15.6. The lowest BCUT2D eigenvalue weighted by molar-refractivity contribution is 0.588. The van der Waals surface area contributed by atoms with Crippen molar-refractivity contribution < 1.29 is 4.57 Å². The van der Waals surface area contributed by atoms with Gasteiger partial charge in [0.15, 0.2) is 0 Å². The average Bonchev–Trinajstić information content (AvgIpc) is 2.37. The predicted molar refractivity (Wildman–Crippen MR) is 85.3 cm³/mol. The molecule has 0 bridgehead atoms. The lowest BCUT2D eigenvalue weighted by atomic mass is 10.3. The van der Waals surface area contributed by atoms with E-state index in [1.165, 1.54) is 0 Å². The number of amidine groups is 1. The first-order chi connectivity index (χ1) is 8.86. The van der Waals surface area contributed by atoms with Gasteiger partial charge in [-0.1, -0.05) is 0 Å². The monoisotopic (exact) mass is 298 g/mol. The number of aliphatic imine (C=N–C) groups is 3. The molecule has 19 heavy (non-hydrogen) atoms. The number of nitrogens with zero attached hydrogens (tertiary/aromatic N) is 3. The van der Waals surface area contributed by atoms with Crippen LogP contribution in [0.2, 0.25) is 0 Å². The molecule has 0 saturated heterocycles. The van der Waals surface area contributed by atoms with Crippen LogP contribution in [0.1, 0.15) is 0 Å². The van der Waals surface area contributed by atoms with Gasteiger partial charge in [0.2, 0.25) is 11.3 Å². The lowest BCUT2D eigenvalue weighted by Crippen LogP contribution is -2.11. The van der Waals surface area contributed by atoms with Crippen LogP contribution >= 0.6 is 18.7 Å². The van der Waals surface area contributed by atoms with Crippen molar-refractivity contribution in [2.75, 3.05) is 25.7 Å². The Morgan fingerprint density at radius 1 is 1.32 bits per heavy atom. The van der Waals surface area contributed by atoms with Gasteiger partial charge < -0.3 is 9.88 Å². The minimum atomic E-state index is -2.24. The number of guanidine groups is 1. The van der Waals surface area contributed by atoms with E-state index in [1.807, 2.05) is 24.3 Å². The first-order valence-corrected chi connectivity index (χ1v) is 8.45. The number of rotatable bonds is 2. The van der Waals surface area contributed by atoms with Crippen molar-refractivity contribution >= 4 is 47.7 Å². The van der Waals surface area contributed by atoms with E-state index < -0.39 is 7.14 Å². The highest BCUT2D eigenvalue weighted by molar-refractivity contribution is 7.70. The van der Waals surface area contributed by atoms with E-state index in [4.69, 9.17) is 11.6 Å². The number of hydrogen-bond donors (Lipinski definition) is 1. The molecule has 0 aliphatic heterocycles. The summed E-state index contributed by atoms with van der Waals surface area (Å²) in [6, 6.07) is 7.25. The van der Waals surface area contributed by atoms with E-state index in [2.05, 4.69) is 27.0 Å². The van der Waals surface area contributed by atoms with Crippen LogP contribution in [0.25, 0.3) is 0 Å². The highest BCUT2D eigenvalue weighted by Crippen LogP contribution is 2.34.